The lowest BCUT2D eigenvalue weighted by atomic mass is 10.2. The zero-order valence-corrected chi connectivity index (χ0v) is 13.9. The molecule has 1 aliphatic rings. The van der Waals surface area contributed by atoms with Crippen molar-refractivity contribution in [2.75, 3.05) is 16.2 Å². The van der Waals surface area contributed by atoms with Gasteiger partial charge in [0, 0.05) is 18.7 Å². The van der Waals surface area contributed by atoms with Crippen LogP contribution in [0.15, 0.2) is 47.4 Å². The Labute approximate surface area is 140 Å². The Kier molecular flexibility index (Phi) is 4.28. The predicted molar refractivity (Wildman–Crippen MR) is 90.0 cm³/mol. The van der Waals surface area contributed by atoms with Gasteiger partial charge in [0.05, 0.1) is 10.6 Å². The van der Waals surface area contributed by atoms with Crippen LogP contribution >= 0.6 is 0 Å². The van der Waals surface area contributed by atoms with E-state index in [4.69, 9.17) is 0 Å². The average Bonchev–Trinajstić information content (AvgIpc) is 2.96. The van der Waals surface area contributed by atoms with E-state index in [0.29, 0.717) is 24.3 Å². The molecule has 1 heterocycles. The molecule has 7 heteroatoms. The molecule has 1 saturated heterocycles. The molecule has 1 fully saturated rings. The molecule has 2 aromatic carbocycles. The number of sulfonamides is 1. The molecule has 0 radical (unpaired) electrons. The van der Waals surface area contributed by atoms with Crippen molar-refractivity contribution in [3.05, 3.63) is 53.8 Å². The topological polar surface area (TPSA) is 66.5 Å². The first kappa shape index (κ1) is 16.4. The van der Waals surface area contributed by atoms with E-state index in [1.807, 2.05) is 0 Å². The monoisotopic (exact) mass is 348 g/mol. The van der Waals surface area contributed by atoms with Gasteiger partial charge in [-0.25, -0.2) is 12.8 Å². The molecule has 3 rings (SSSR count). The molecule has 0 saturated carbocycles. The van der Waals surface area contributed by atoms with Gasteiger partial charge in [-0.15, -0.1) is 0 Å². The quantitative estimate of drug-likeness (QED) is 0.923. The smallest absolute Gasteiger partial charge is 0.261 e. The average molecular weight is 348 g/mol. The van der Waals surface area contributed by atoms with Crippen molar-refractivity contribution >= 4 is 27.3 Å². The van der Waals surface area contributed by atoms with Gasteiger partial charge in [0.1, 0.15) is 5.82 Å². The second-order valence-corrected chi connectivity index (χ2v) is 7.40. The number of rotatable bonds is 4. The van der Waals surface area contributed by atoms with Gasteiger partial charge in [-0.05, 0) is 55.3 Å². The number of nitrogens with zero attached hydrogens (tertiary/aromatic N) is 1. The fourth-order valence-corrected chi connectivity index (χ4v) is 3.79. The maximum atomic E-state index is 13.3. The van der Waals surface area contributed by atoms with Crippen LogP contribution in [0.4, 0.5) is 15.8 Å². The molecule has 0 aromatic heterocycles. The Morgan fingerprint density at radius 1 is 1.17 bits per heavy atom. The highest BCUT2D eigenvalue weighted by atomic mass is 32.2. The molecule has 0 atom stereocenters. The summed E-state index contributed by atoms with van der Waals surface area (Å²) in [6.45, 7) is 2.14. The number of amides is 1. The molecule has 1 N–H and O–H groups in total. The van der Waals surface area contributed by atoms with Crippen molar-refractivity contribution in [1.29, 1.82) is 0 Å². The number of halogens is 1. The number of anilines is 2. The van der Waals surface area contributed by atoms with Gasteiger partial charge in [-0.2, -0.15) is 0 Å². The van der Waals surface area contributed by atoms with Gasteiger partial charge >= 0.3 is 0 Å². The highest BCUT2D eigenvalue weighted by Crippen LogP contribution is 2.26. The summed E-state index contributed by atoms with van der Waals surface area (Å²) in [6.07, 6.45) is 1.30. The number of nitrogens with one attached hydrogen (secondary N) is 1. The molecule has 24 heavy (non-hydrogen) atoms. The summed E-state index contributed by atoms with van der Waals surface area (Å²) >= 11 is 0. The van der Waals surface area contributed by atoms with Crippen LogP contribution < -0.4 is 9.62 Å². The fourth-order valence-electron chi connectivity index (χ4n) is 2.66. The number of benzene rings is 2. The lowest BCUT2D eigenvalue weighted by Gasteiger charge is -2.17. The highest BCUT2D eigenvalue weighted by Gasteiger charge is 2.22. The zero-order valence-electron chi connectivity index (χ0n) is 13.1. The van der Waals surface area contributed by atoms with E-state index in [0.717, 1.165) is 12.5 Å². The summed E-state index contributed by atoms with van der Waals surface area (Å²) in [7, 11) is -3.83. The third-order valence-corrected chi connectivity index (χ3v) is 5.30. The predicted octanol–water partition coefficient (Wildman–Crippen LogP) is 3.06. The second kappa shape index (κ2) is 6.24. The molecule has 5 nitrogen and oxygen atoms in total. The first-order valence-electron chi connectivity index (χ1n) is 7.56. The largest absolute Gasteiger partial charge is 0.312 e. The maximum Gasteiger partial charge on any atom is 0.261 e. The zero-order chi connectivity index (χ0) is 17.3. The minimum absolute atomic E-state index is 0.0101. The number of hydrogen-bond donors (Lipinski definition) is 1. The lowest BCUT2D eigenvalue weighted by Crippen LogP contribution is -2.23. The van der Waals surface area contributed by atoms with Crippen molar-refractivity contribution in [3.63, 3.8) is 0 Å². The third kappa shape index (κ3) is 3.26. The molecule has 0 unspecified atom stereocenters. The summed E-state index contributed by atoms with van der Waals surface area (Å²) in [4.78, 5) is 13.4. The van der Waals surface area contributed by atoms with Crippen LogP contribution in [0.3, 0.4) is 0 Å². The number of carbonyl (C=O) groups is 1. The van der Waals surface area contributed by atoms with Gasteiger partial charge in [0.2, 0.25) is 5.91 Å². The highest BCUT2D eigenvalue weighted by molar-refractivity contribution is 7.92. The minimum Gasteiger partial charge on any atom is -0.312 e. The first-order valence-corrected chi connectivity index (χ1v) is 9.04. The van der Waals surface area contributed by atoms with Gasteiger partial charge in [-0.3, -0.25) is 9.52 Å². The molecule has 0 spiro atoms. The standard InChI is InChI=1S/C17H17FN2O3S/c1-12-10-15(7-8-16(12)18)24(22,23)19-13-4-2-5-14(11-13)20-9-3-6-17(20)21/h2,4-5,7-8,10-11,19H,3,6,9H2,1H3. The van der Waals surface area contributed by atoms with Crippen LogP contribution in [-0.2, 0) is 14.8 Å². The van der Waals surface area contributed by atoms with Crippen LogP contribution in [0.2, 0.25) is 0 Å². The molecular formula is C17H17FN2O3S. The van der Waals surface area contributed by atoms with Crippen molar-refractivity contribution in [2.45, 2.75) is 24.7 Å². The molecule has 0 bridgehead atoms. The fraction of sp³-hybridized carbons (Fsp3) is 0.235. The van der Waals surface area contributed by atoms with Crippen LogP contribution in [0.1, 0.15) is 18.4 Å². The van der Waals surface area contributed by atoms with Crippen molar-refractivity contribution in [2.24, 2.45) is 0 Å². The third-order valence-electron chi connectivity index (χ3n) is 3.92. The van der Waals surface area contributed by atoms with E-state index >= 15 is 0 Å². The van der Waals surface area contributed by atoms with E-state index < -0.39 is 15.8 Å². The van der Waals surface area contributed by atoms with E-state index in [1.54, 1.807) is 29.2 Å². The molecule has 2 aromatic rings. The van der Waals surface area contributed by atoms with Crippen LogP contribution in [0.25, 0.3) is 0 Å². The van der Waals surface area contributed by atoms with Gasteiger partial charge in [0.15, 0.2) is 0 Å². The van der Waals surface area contributed by atoms with Crippen LogP contribution in [0, 0.1) is 12.7 Å². The number of aryl methyl sites for hydroxylation is 1. The summed E-state index contributed by atoms with van der Waals surface area (Å²) < 4.78 is 40.7. The Bertz CT molecular complexity index is 896. The van der Waals surface area contributed by atoms with Gasteiger partial charge in [0.25, 0.3) is 10.0 Å². The van der Waals surface area contributed by atoms with E-state index in [9.17, 15) is 17.6 Å². The Balaban J connectivity index is 1.87. The summed E-state index contributed by atoms with van der Waals surface area (Å²) in [5, 5.41) is 0. The van der Waals surface area contributed by atoms with Crippen molar-refractivity contribution in [3.8, 4) is 0 Å². The van der Waals surface area contributed by atoms with Crippen molar-refractivity contribution in [1.82, 2.24) is 0 Å². The Hall–Kier alpha value is -2.41. The van der Waals surface area contributed by atoms with E-state index in [2.05, 4.69) is 4.72 Å². The summed E-state index contributed by atoms with van der Waals surface area (Å²) in [6, 6.07) is 10.3. The number of hydrogen-bond acceptors (Lipinski definition) is 3. The lowest BCUT2D eigenvalue weighted by molar-refractivity contribution is -0.117. The maximum absolute atomic E-state index is 13.3. The Morgan fingerprint density at radius 2 is 1.96 bits per heavy atom. The van der Waals surface area contributed by atoms with Gasteiger partial charge in [-0.1, -0.05) is 6.07 Å². The molecule has 1 amide bonds. The molecule has 1 aliphatic heterocycles. The number of carbonyl (C=O) groups excluding carboxylic acids is 1. The van der Waals surface area contributed by atoms with Crippen LogP contribution in [0.5, 0.6) is 0 Å². The summed E-state index contributed by atoms with van der Waals surface area (Å²) in [5.41, 5.74) is 1.27. The first-order chi connectivity index (χ1) is 11.4. The Morgan fingerprint density at radius 3 is 2.62 bits per heavy atom. The van der Waals surface area contributed by atoms with E-state index in [1.165, 1.54) is 19.1 Å². The molecule has 126 valence electrons. The molecule has 0 aliphatic carbocycles. The van der Waals surface area contributed by atoms with Crippen molar-refractivity contribution < 1.29 is 17.6 Å². The second-order valence-electron chi connectivity index (χ2n) is 5.72. The van der Waals surface area contributed by atoms with Gasteiger partial charge < -0.3 is 4.90 Å². The normalized spacial score (nSPS) is 14.9. The SMILES string of the molecule is Cc1cc(S(=O)(=O)Nc2cccc(N3CCCC3=O)c2)ccc1F. The summed E-state index contributed by atoms with van der Waals surface area (Å²) in [5.74, 6) is -0.423. The molecular weight excluding hydrogens is 331 g/mol. The van der Waals surface area contributed by atoms with E-state index in [-0.39, 0.29) is 16.4 Å². The minimum atomic E-state index is -3.83. The van der Waals surface area contributed by atoms with Crippen LogP contribution in [-0.4, -0.2) is 20.9 Å².